The molecule has 8 nitrogen and oxygen atoms in total. The van der Waals surface area contributed by atoms with Crippen LogP contribution >= 0.6 is 0 Å². The molecule has 0 aliphatic rings. The Labute approximate surface area is 158 Å². The first-order chi connectivity index (χ1) is 12.9. The van der Waals surface area contributed by atoms with E-state index in [0.717, 1.165) is 0 Å². The van der Waals surface area contributed by atoms with E-state index in [1.807, 2.05) is 0 Å². The maximum absolute atomic E-state index is 13.2. The Morgan fingerprint density at radius 3 is 2.33 bits per heavy atom. The first-order valence-corrected chi connectivity index (χ1v) is 8.58. The molecular weight excluding hydrogens is 357 g/mol. The van der Waals surface area contributed by atoms with Crippen LogP contribution in [0.3, 0.4) is 0 Å². The van der Waals surface area contributed by atoms with E-state index in [4.69, 9.17) is 15.2 Å². The monoisotopic (exact) mass is 383 g/mol. The molecule has 27 heavy (non-hydrogen) atoms. The van der Waals surface area contributed by atoms with Crippen LogP contribution in [-0.4, -0.2) is 69.2 Å². The molecule has 0 aliphatic heterocycles. The number of halogens is 1. The van der Waals surface area contributed by atoms with Crippen molar-refractivity contribution in [1.82, 2.24) is 4.90 Å². The summed E-state index contributed by atoms with van der Waals surface area (Å²) < 4.78 is 23.1. The van der Waals surface area contributed by atoms with E-state index in [1.54, 1.807) is 11.8 Å². The number of benzene rings is 1. The van der Waals surface area contributed by atoms with Crippen molar-refractivity contribution in [3.8, 4) is 0 Å². The molecule has 0 spiro atoms. The summed E-state index contributed by atoms with van der Waals surface area (Å²) in [5.41, 5.74) is 5.62. The molecule has 0 atom stereocenters. The van der Waals surface area contributed by atoms with Crippen molar-refractivity contribution in [1.29, 1.82) is 0 Å². The number of anilines is 1. The van der Waals surface area contributed by atoms with E-state index in [9.17, 15) is 18.8 Å². The number of rotatable bonds is 12. The Kier molecular flexibility index (Phi) is 9.99. The molecule has 0 fully saturated rings. The van der Waals surface area contributed by atoms with Crippen molar-refractivity contribution in [2.75, 3.05) is 51.4 Å². The lowest BCUT2D eigenvalue weighted by Gasteiger charge is -2.27. The third-order valence-electron chi connectivity index (χ3n) is 3.65. The summed E-state index contributed by atoms with van der Waals surface area (Å²) in [5, 5.41) is 0. The first-order valence-electron chi connectivity index (χ1n) is 8.58. The quantitative estimate of drug-likeness (QED) is 0.529. The van der Waals surface area contributed by atoms with Crippen LogP contribution in [0, 0.1) is 5.82 Å². The minimum Gasteiger partial charge on any atom is -0.465 e. The van der Waals surface area contributed by atoms with Gasteiger partial charge in [0, 0.05) is 32.3 Å². The number of hydrogen-bond donors (Lipinski definition) is 1. The summed E-state index contributed by atoms with van der Waals surface area (Å²) in [7, 11) is 1.52. The summed E-state index contributed by atoms with van der Waals surface area (Å²) in [5.74, 6) is -1.81. The van der Waals surface area contributed by atoms with Crippen molar-refractivity contribution in [3.05, 3.63) is 30.1 Å². The molecule has 0 saturated carbocycles. The van der Waals surface area contributed by atoms with Crippen LogP contribution < -0.4 is 10.6 Å². The topological polar surface area (TPSA) is 102 Å². The summed E-state index contributed by atoms with van der Waals surface area (Å²) >= 11 is 0. The van der Waals surface area contributed by atoms with E-state index in [0.29, 0.717) is 18.8 Å². The summed E-state index contributed by atoms with van der Waals surface area (Å²) in [4.78, 5) is 38.6. The number of nitrogens with two attached hydrogens (primary N) is 1. The zero-order chi connectivity index (χ0) is 20.2. The number of carbonyl (C=O) groups is 3. The van der Waals surface area contributed by atoms with Gasteiger partial charge >= 0.3 is 5.97 Å². The number of hydrogen-bond acceptors (Lipinski definition) is 6. The van der Waals surface area contributed by atoms with E-state index < -0.39 is 17.7 Å². The molecular formula is C18H26FN3O5. The Hall–Kier alpha value is -2.52. The van der Waals surface area contributed by atoms with Crippen molar-refractivity contribution in [2.45, 2.75) is 13.3 Å². The molecule has 1 aromatic rings. The van der Waals surface area contributed by atoms with Gasteiger partial charge in [0.25, 0.3) is 0 Å². The number of amides is 2. The zero-order valence-corrected chi connectivity index (χ0v) is 15.7. The first kappa shape index (κ1) is 22.5. The zero-order valence-electron chi connectivity index (χ0n) is 15.7. The molecule has 2 N–H and O–H groups in total. The van der Waals surface area contributed by atoms with Crippen molar-refractivity contribution >= 4 is 23.5 Å². The van der Waals surface area contributed by atoms with Gasteiger partial charge in [0.05, 0.1) is 26.3 Å². The van der Waals surface area contributed by atoms with E-state index in [1.165, 1.54) is 36.3 Å². The van der Waals surface area contributed by atoms with Crippen molar-refractivity contribution in [3.63, 3.8) is 0 Å². The van der Waals surface area contributed by atoms with Gasteiger partial charge in [0.1, 0.15) is 5.82 Å². The number of methoxy groups -OCH3 is 1. The highest BCUT2D eigenvalue weighted by Gasteiger charge is 2.21. The SMILES string of the molecule is CCOC(=O)CN(CCOC)CC(=O)N(CCC(N)=O)c1ccc(F)cc1. The van der Waals surface area contributed by atoms with Gasteiger partial charge in [-0.1, -0.05) is 0 Å². The second-order valence-electron chi connectivity index (χ2n) is 5.75. The van der Waals surface area contributed by atoms with Crippen molar-refractivity contribution in [2.24, 2.45) is 5.73 Å². The van der Waals surface area contributed by atoms with Crippen LogP contribution in [0.1, 0.15) is 13.3 Å². The highest BCUT2D eigenvalue weighted by Crippen LogP contribution is 2.16. The number of esters is 1. The molecule has 150 valence electrons. The van der Waals surface area contributed by atoms with Gasteiger partial charge in [-0.15, -0.1) is 0 Å². The molecule has 0 unspecified atom stereocenters. The van der Waals surface area contributed by atoms with Crippen LogP contribution in [0.2, 0.25) is 0 Å². The summed E-state index contributed by atoms with van der Waals surface area (Å²) in [6, 6.07) is 5.33. The predicted octanol–water partition coefficient (Wildman–Crippen LogP) is 0.546. The van der Waals surface area contributed by atoms with Crippen LogP contribution in [0.4, 0.5) is 10.1 Å². The Bertz CT molecular complexity index is 624. The molecule has 9 heteroatoms. The average molecular weight is 383 g/mol. The van der Waals surface area contributed by atoms with Gasteiger partial charge in [-0.2, -0.15) is 0 Å². The van der Waals surface area contributed by atoms with E-state index in [2.05, 4.69) is 0 Å². The Morgan fingerprint density at radius 2 is 1.78 bits per heavy atom. The average Bonchev–Trinajstić information content (AvgIpc) is 2.61. The standard InChI is InChI=1S/C18H26FN3O5/c1-3-27-18(25)13-21(10-11-26-2)12-17(24)22(9-8-16(20)23)15-6-4-14(19)5-7-15/h4-7H,3,8-13H2,1-2H3,(H2,20,23). The maximum atomic E-state index is 13.2. The summed E-state index contributed by atoms with van der Waals surface area (Å²) in [6.45, 7) is 2.48. The largest absolute Gasteiger partial charge is 0.465 e. The normalized spacial score (nSPS) is 10.7. The van der Waals surface area contributed by atoms with Gasteiger partial charge in [-0.25, -0.2) is 4.39 Å². The third kappa shape index (κ3) is 8.61. The Morgan fingerprint density at radius 1 is 1.11 bits per heavy atom. The van der Waals surface area contributed by atoms with Crippen LogP contribution in [0.15, 0.2) is 24.3 Å². The molecule has 1 rings (SSSR count). The molecule has 0 heterocycles. The summed E-state index contributed by atoms with van der Waals surface area (Å²) in [6.07, 6.45) is -0.0426. The third-order valence-corrected chi connectivity index (χ3v) is 3.65. The van der Waals surface area contributed by atoms with E-state index in [-0.39, 0.29) is 38.6 Å². The molecule has 0 aromatic heterocycles. The number of nitrogens with zero attached hydrogens (tertiary/aromatic N) is 2. The van der Waals surface area contributed by atoms with Crippen LogP contribution in [-0.2, 0) is 23.9 Å². The molecule has 0 aliphatic carbocycles. The second kappa shape index (κ2) is 12.0. The smallest absolute Gasteiger partial charge is 0.320 e. The van der Waals surface area contributed by atoms with Gasteiger partial charge in [0.2, 0.25) is 11.8 Å². The Balaban J connectivity index is 2.90. The fraction of sp³-hybridized carbons (Fsp3) is 0.500. The number of ether oxygens (including phenoxy) is 2. The second-order valence-corrected chi connectivity index (χ2v) is 5.75. The molecule has 0 saturated heterocycles. The van der Waals surface area contributed by atoms with Crippen LogP contribution in [0.5, 0.6) is 0 Å². The molecule has 2 amide bonds. The number of primary amides is 1. The number of carbonyl (C=O) groups excluding carboxylic acids is 3. The molecule has 0 bridgehead atoms. The molecule has 0 radical (unpaired) electrons. The van der Waals surface area contributed by atoms with E-state index >= 15 is 0 Å². The van der Waals surface area contributed by atoms with Crippen LogP contribution in [0.25, 0.3) is 0 Å². The fourth-order valence-corrected chi connectivity index (χ4v) is 2.34. The van der Waals surface area contributed by atoms with Gasteiger partial charge in [-0.3, -0.25) is 19.3 Å². The lowest BCUT2D eigenvalue weighted by molar-refractivity contribution is -0.144. The maximum Gasteiger partial charge on any atom is 0.320 e. The lowest BCUT2D eigenvalue weighted by atomic mass is 10.2. The predicted molar refractivity (Wildman–Crippen MR) is 97.5 cm³/mol. The van der Waals surface area contributed by atoms with Crippen molar-refractivity contribution < 1.29 is 28.2 Å². The van der Waals surface area contributed by atoms with Gasteiger partial charge < -0.3 is 20.1 Å². The van der Waals surface area contributed by atoms with Gasteiger partial charge in [-0.05, 0) is 31.2 Å². The highest BCUT2D eigenvalue weighted by molar-refractivity contribution is 5.95. The van der Waals surface area contributed by atoms with Gasteiger partial charge in [0.15, 0.2) is 0 Å². The highest BCUT2D eigenvalue weighted by atomic mass is 19.1. The minimum absolute atomic E-state index is 0.0426. The fourth-order valence-electron chi connectivity index (χ4n) is 2.34. The lowest BCUT2D eigenvalue weighted by Crippen LogP contribution is -2.44. The minimum atomic E-state index is -0.558. The molecule has 1 aromatic carbocycles.